The minimum atomic E-state index is -0.0708. The highest BCUT2D eigenvalue weighted by Gasteiger charge is 2.45. The zero-order valence-corrected chi connectivity index (χ0v) is 13.7. The molecule has 5 heteroatoms. The van der Waals surface area contributed by atoms with Crippen molar-refractivity contribution in [3.63, 3.8) is 0 Å². The molecule has 0 aromatic rings. The number of fused-ring (bicyclic) bond motifs is 2. The third kappa shape index (κ3) is 4.41. The maximum atomic E-state index is 12.4. The van der Waals surface area contributed by atoms with Crippen molar-refractivity contribution in [3.05, 3.63) is 0 Å². The molecule has 2 aliphatic rings. The second kappa shape index (κ2) is 7.56. The van der Waals surface area contributed by atoms with Crippen LogP contribution in [0.5, 0.6) is 0 Å². The van der Waals surface area contributed by atoms with E-state index in [2.05, 4.69) is 18.7 Å². The molecule has 0 N–H and O–H groups in total. The van der Waals surface area contributed by atoms with Crippen LogP contribution >= 0.6 is 0 Å². The number of rotatable bonds is 8. The Hall–Kier alpha value is -0.650. The molecule has 21 heavy (non-hydrogen) atoms. The summed E-state index contributed by atoms with van der Waals surface area (Å²) in [5, 5.41) is 0. The number of likely N-dealkylation sites (N-methyl/N-ethyl adjacent to an activating group) is 1. The van der Waals surface area contributed by atoms with Gasteiger partial charge in [0.25, 0.3) is 0 Å². The van der Waals surface area contributed by atoms with Crippen LogP contribution < -0.4 is 0 Å². The van der Waals surface area contributed by atoms with Crippen molar-refractivity contribution in [1.82, 2.24) is 4.90 Å². The van der Waals surface area contributed by atoms with Crippen molar-refractivity contribution >= 4 is 5.97 Å². The average Bonchev–Trinajstić information content (AvgIpc) is 3.06. The predicted molar refractivity (Wildman–Crippen MR) is 80.1 cm³/mol. The number of methoxy groups -OCH3 is 1. The first kappa shape index (κ1) is 16.7. The van der Waals surface area contributed by atoms with Gasteiger partial charge in [0.2, 0.25) is 0 Å². The molecule has 2 heterocycles. The lowest BCUT2D eigenvalue weighted by Gasteiger charge is -2.28. The molecular weight excluding hydrogens is 270 g/mol. The molecule has 2 saturated heterocycles. The third-order valence-corrected chi connectivity index (χ3v) is 4.59. The lowest BCUT2D eigenvalue weighted by atomic mass is 9.89. The average molecular weight is 299 g/mol. The van der Waals surface area contributed by atoms with E-state index < -0.39 is 0 Å². The van der Waals surface area contributed by atoms with Crippen molar-refractivity contribution in [2.75, 3.05) is 33.9 Å². The molecular formula is C16H29NO4. The van der Waals surface area contributed by atoms with Crippen molar-refractivity contribution in [1.29, 1.82) is 0 Å². The fourth-order valence-corrected chi connectivity index (χ4v) is 3.15. The summed E-state index contributed by atoms with van der Waals surface area (Å²) in [6.07, 6.45) is 3.26. The molecule has 4 atom stereocenters. The van der Waals surface area contributed by atoms with E-state index in [0.29, 0.717) is 12.5 Å². The summed E-state index contributed by atoms with van der Waals surface area (Å²) in [4.78, 5) is 14.6. The van der Waals surface area contributed by atoms with Gasteiger partial charge in [-0.15, -0.1) is 0 Å². The van der Waals surface area contributed by atoms with Crippen LogP contribution in [0.1, 0.15) is 33.1 Å². The van der Waals surface area contributed by atoms with Crippen LogP contribution in [0.2, 0.25) is 0 Å². The zero-order valence-electron chi connectivity index (χ0n) is 13.7. The molecule has 0 amide bonds. The number of carbonyl (C=O) groups is 1. The molecule has 2 aliphatic heterocycles. The maximum Gasteiger partial charge on any atom is 0.312 e. The summed E-state index contributed by atoms with van der Waals surface area (Å²) in [6, 6.07) is 0. The fourth-order valence-electron chi connectivity index (χ4n) is 3.15. The van der Waals surface area contributed by atoms with Crippen molar-refractivity contribution in [2.45, 2.75) is 51.4 Å². The Morgan fingerprint density at radius 2 is 2.14 bits per heavy atom. The van der Waals surface area contributed by atoms with E-state index in [-0.39, 0.29) is 30.2 Å². The van der Waals surface area contributed by atoms with E-state index in [4.69, 9.17) is 14.2 Å². The van der Waals surface area contributed by atoms with E-state index in [0.717, 1.165) is 32.4 Å². The molecule has 2 fully saturated rings. The number of carbonyl (C=O) groups excluding carboxylic acids is 1. The van der Waals surface area contributed by atoms with E-state index in [1.54, 1.807) is 7.11 Å². The maximum absolute atomic E-state index is 12.4. The van der Waals surface area contributed by atoms with Gasteiger partial charge < -0.3 is 19.1 Å². The van der Waals surface area contributed by atoms with E-state index >= 15 is 0 Å². The van der Waals surface area contributed by atoms with Gasteiger partial charge >= 0.3 is 5.97 Å². The first-order valence-corrected chi connectivity index (χ1v) is 8.04. The number of hydrogen-bond acceptors (Lipinski definition) is 5. The monoisotopic (exact) mass is 299 g/mol. The molecule has 0 saturated carbocycles. The van der Waals surface area contributed by atoms with Crippen LogP contribution in [-0.4, -0.2) is 63.0 Å². The Kier molecular flexibility index (Phi) is 6.02. The van der Waals surface area contributed by atoms with E-state index in [9.17, 15) is 4.79 Å². The van der Waals surface area contributed by atoms with Gasteiger partial charge in [-0.3, -0.25) is 4.79 Å². The van der Waals surface area contributed by atoms with Gasteiger partial charge in [-0.05, 0) is 32.2 Å². The molecule has 5 nitrogen and oxygen atoms in total. The van der Waals surface area contributed by atoms with Crippen molar-refractivity contribution in [3.8, 4) is 0 Å². The van der Waals surface area contributed by atoms with Crippen LogP contribution in [0.15, 0.2) is 0 Å². The first-order chi connectivity index (χ1) is 10.0. The van der Waals surface area contributed by atoms with Gasteiger partial charge in [0.1, 0.15) is 6.10 Å². The summed E-state index contributed by atoms with van der Waals surface area (Å²) in [7, 11) is 3.73. The van der Waals surface area contributed by atoms with Crippen molar-refractivity contribution in [2.24, 2.45) is 11.8 Å². The van der Waals surface area contributed by atoms with E-state index in [1.165, 1.54) is 0 Å². The van der Waals surface area contributed by atoms with Gasteiger partial charge in [0, 0.05) is 20.2 Å². The normalized spacial score (nSPS) is 29.3. The summed E-state index contributed by atoms with van der Waals surface area (Å²) in [5.74, 6) is 0.189. The van der Waals surface area contributed by atoms with Gasteiger partial charge in [-0.1, -0.05) is 13.8 Å². The Morgan fingerprint density at radius 1 is 1.38 bits per heavy atom. The Morgan fingerprint density at radius 3 is 2.67 bits per heavy atom. The highest BCUT2D eigenvalue weighted by Crippen LogP contribution is 2.39. The second-order valence-electron chi connectivity index (χ2n) is 6.69. The molecule has 0 radical (unpaired) electrons. The van der Waals surface area contributed by atoms with Crippen LogP contribution in [0.3, 0.4) is 0 Å². The number of ether oxygens (including phenoxy) is 3. The number of hydrogen-bond donors (Lipinski definition) is 0. The van der Waals surface area contributed by atoms with E-state index in [1.807, 2.05) is 7.05 Å². The Labute approximate surface area is 127 Å². The topological polar surface area (TPSA) is 48.0 Å². The van der Waals surface area contributed by atoms with Gasteiger partial charge in [-0.2, -0.15) is 0 Å². The second-order valence-corrected chi connectivity index (χ2v) is 6.69. The number of nitrogens with zero attached hydrogens (tertiary/aromatic N) is 1. The fraction of sp³-hybridized carbons (Fsp3) is 0.938. The molecule has 2 bridgehead atoms. The minimum absolute atomic E-state index is 0.0470. The predicted octanol–water partition coefficient (Wildman–Crippen LogP) is 1.70. The van der Waals surface area contributed by atoms with Gasteiger partial charge in [0.05, 0.1) is 24.7 Å². The Bertz CT molecular complexity index is 347. The molecule has 0 aliphatic carbocycles. The summed E-state index contributed by atoms with van der Waals surface area (Å²) >= 11 is 0. The van der Waals surface area contributed by atoms with Crippen LogP contribution in [-0.2, 0) is 19.0 Å². The largest absolute Gasteiger partial charge is 0.460 e. The van der Waals surface area contributed by atoms with Gasteiger partial charge in [0.15, 0.2) is 0 Å². The quantitative estimate of drug-likeness (QED) is 0.639. The lowest BCUT2D eigenvalue weighted by molar-refractivity contribution is -0.159. The molecule has 0 aromatic heterocycles. The van der Waals surface area contributed by atoms with Crippen LogP contribution in [0.4, 0.5) is 0 Å². The summed E-state index contributed by atoms with van der Waals surface area (Å²) < 4.78 is 16.6. The molecule has 122 valence electrons. The lowest BCUT2D eigenvalue weighted by Crippen LogP contribution is -2.40. The summed E-state index contributed by atoms with van der Waals surface area (Å²) in [5.41, 5.74) is 0. The minimum Gasteiger partial charge on any atom is -0.460 e. The molecule has 4 unspecified atom stereocenters. The standard InChI is InChI=1S/C16H29NO4/c1-11(2)15(10-17(3)7-8-19-4)21-16(18)13-9-12-5-6-14(13)20-12/h11-15H,5-10H2,1-4H3. The molecule has 0 aromatic carbocycles. The first-order valence-electron chi connectivity index (χ1n) is 8.04. The van der Waals surface area contributed by atoms with Crippen molar-refractivity contribution < 1.29 is 19.0 Å². The number of esters is 1. The third-order valence-electron chi connectivity index (χ3n) is 4.59. The van der Waals surface area contributed by atoms with Crippen LogP contribution in [0.25, 0.3) is 0 Å². The zero-order chi connectivity index (χ0) is 15.4. The van der Waals surface area contributed by atoms with Crippen LogP contribution in [0, 0.1) is 11.8 Å². The van der Waals surface area contributed by atoms with Gasteiger partial charge in [-0.25, -0.2) is 0 Å². The molecule has 0 spiro atoms. The molecule has 2 rings (SSSR count). The smallest absolute Gasteiger partial charge is 0.312 e. The summed E-state index contributed by atoms with van der Waals surface area (Å²) in [6.45, 7) is 6.47. The SMILES string of the molecule is COCCN(C)CC(OC(=O)C1CC2CCC1O2)C(C)C. The highest BCUT2D eigenvalue weighted by atomic mass is 16.6. The highest BCUT2D eigenvalue weighted by molar-refractivity contribution is 5.74. The Balaban J connectivity index is 1.83.